The van der Waals surface area contributed by atoms with E-state index in [1.165, 1.54) is 17.4 Å². The molecular formula is C34H32FN5O3S2. The van der Waals surface area contributed by atoms with Gasteiger partial charge in [-0.15, -0.1) is 11.3 Å². The smallest absolute Gasteiger partial charge is 0.233 e. The van der Waals surface area contributed by atoms with Crippen molar-refractivity contribution in [2.45, 2.75) is 19.5 Å². The lowest BCUT2D eigenvalue weighted by Crippen LogP contribution is -2.36. The van der Waals surface area contributed by atoms with Crippen LogP contribution in [0.3, 0.4) is 0 Å². The van der Waals surface area contributed by atoms with Crippen LogP contribution in [0, 0.1) is 5.82 Å². The van der Waals surface area contributed by atoms with Gasteiger partial charge in [0.05, 0.1) is 33.8 Å². The summed E-state index contributed by atoms with van der Waals surface area (Å²) in [5.74, 6) is -0.135. The predicted octanol–water partition coefficient (Wildman–Crippen LogP) is 6.20. The molecule has 2 aromatic carbocycles. The fraction of sp³-hybridized carbons (Fsp3) is 0.235. The number of pyridine rings is 2. The first-order valence-corrected chi connectivity index (χ1v) is 15.8. The van der Waals surface area contributed by atoms with E-state index in [0.717, 1.165) is 38.5 Å². The standard InChI is InChI=1S/C34H32FN5O3S2/c1-42-16-13-36-20-25-7-9-27(38-21-25)31-19-28-33(45-31)30(11-12-37-28)43-29-10-8-24(17-26(29)35)18-32(41)40-15-14-39(34(40)44)22-23-5-3-2-4-6-23/h2-12,17,19,21,36H,13-16,18,20,22H2,1H3. The molecule has 0 bridgehead atoms. The number of benzene rings is 2. The van der Waals surface area contributed by atoms with Gasteiger partial charge in [-0.3, -0.25) is 19.7 Å². The second kappa shape index (κ2) is 14.2. The Morgan fingerprint density at radius 2 is 1.84 bits per heavy atom. The van der Waals surface area contributed by atoms with Crippen LogP contribution in [0.15, 0.2) is 85.2 Å². The summed E-state index contributed by atoms with van der Waals surface area (Å²) in [6, 6.07) is 22.3. The van der Waals surface area contributed by atoms with Gasteiger partial charge in [0.25, 0.3) is 0 Å². The number of rotatable bonds is 12. The minimum Gasteiger partial charge on any atom is -0.453 e. The first-order chi connectivity index (χ1) is 22.0. The Morgan fingerprint density at radius 3 is 2.62 bits per heavy atom. The summed E-state index contributed by atoms with van der Waals surface area (Å²) < 4.78 is 27.2. The van der Waals surface area contributed by atoms with Crippen LogP contribution < -0.4 is 10.1 Å². The average Bonchev–Trinajstić information content (AvgIpc) is 3.65. The number of carbonyl (C=O) groups is 1. The lowest BCUT2D eigenvalue weighted by molar-refractivity contribution is -0.126. The second-order valence-electron chi connectivity index (χ2n) is 10.6. The summed E-state index contributed by atoms with van der Waals surface area (Å²) >= 11 is 7.08. The quantitative estimate of drug-likeness (QED) is 0.128. The molecule has 0 atom stereocenters. The van der Waals surface area contributed by atoms with Gasteiger partial charge in [-0.1, -0.05) is 42.5 Å². The molecule has 1 saturated heterocycles. The Kier molecular flexibility index (Phi) is 9.70. The maximum absolute atomic E-state index is 15.3. The van der Waals surface area contributed by atoms with E-state index in [1.807, 2.05) is 59.6 Å². The van der Waals surface area contributed by atoms with Crippen molar-refractivity contribution >= 4 is 44.8 Å². The Morgan fingerprint density at radius 1 is 1.00 bits per heavy atom. The molecule has 1 aliphatic heterocycles. The largest absolute Gasteiger partial charge is 0.453 e. The van der Waals surface area contributed by atoms with Crippen LogP contribution in [0.1, 0.15) is 16.7 Å². The van der Waals surface area contributed by atoms with Crippen molar-refractivity contribution in [3.8, 4) is 22.1 Å². The van der Waals surface area contributed by atoms with Gasteiger partial charge in [0.2, 0.25) is 5.91 Å². The monoisotopic (exact) mass is 641 g/mol. The molecule has 8 nitrogen and oxygen atoms in total. The number of nitrogens with one attached hydrogen (secondary N) is 1. The molecule has 1 N–H and O–H groups in total. The Labute approximate surface area is 270 Å². The normalized spacial score (nSPS) is 13.2. The third-order valence-electron chi connectivity index (χ3n) is 7.45. The first kappa shape index (κ1) is 30.7. The molecule has 1 aliphatic rings. The van der Waals surface area contributed by atoms with E-state index in [4.69, 9.17) is 21.7 Å². The number of thiophene rings is 1. The summed E-state index contributed by atoms with van der Waals surface area (Å²) in [7, 11) is 1.68. The van der Waals surface area contributed by atoms with E-state index in [2.05, 4.69) is 15.3 Å². The summed E-state index contributed by atoms with van der Waals surface area (Å²) in [4.78, 5) is 26.8. The molecule has 6 rings (SSSR count). The lowest BCUT2D eigenvalue weighted by Gasteiger charge is -2.21. The van der Waals surface area contributed by atoms with Gasteiger partial charge >= 0.3 is 0 Å². The molecule has 0 aliphatic carbocycles. The van der Waals surface area contributed by atoms with E-state index >= 15 is 4.39 Å². The fourth-order valence-corrected chi connectivity index (χ4v) is 6.48. The number of thiocarbonyl (C=S) groups is 1. The molecule has 0 unspecified atom stereocenters. The van der Waals surface area contributed by atoms with Crippen LogP contribution in [-0.2, 0) is 29.0 Å². The lowest BCUT2D eigenvalue weighted by atomic mass is 10.1. The molecule has 11 heteroatoms. The Balaban J connectivity index is 1.10. The highest BCUT2D eigenvalue weighted by molar-refractivity contribution is 7.80. The Bertz CT molecular complexity index is 1800. The van der Waals surface area contributed by atoms with Crippen LogP contribution in [0.5, 0.6) is 11.5 Å². The molecule has 5 aromatic rings. The third-order valence-corrected chi connectivity index (χ3v) is 9.09. The van der Waals surface area contributed by atoms with Crippen molar-refractivity contribution in [3.05, 3.63) is 108 Å². The minimum atomic E-state index is -0.548. The van der Waals surface area contributed by atoms with Gasteiger partial charge in [0, 0.05) is 58.3 Å². The van der Waals surface area contributed by atoms with E-state index in [9.17, 15) is 4.79 Å². The van der Waals surface area contributed by atoms with Crippen molar-refractivity contribution in [2.75, 3.05) is 33.4 Å². The van der Waals surface area contributed by atoms with Crippen molar-refractivity contribution < 1.29 is 18.7 Å². The second-order valence-corrected chi connectivity index (χ2v) is 12.1. The first-order valence-electron chi connectivity index (χ1n) is 14.6. The van der Waals surface area contributed by atoms with Crippen LogP contribution >= 0.6 is 23.6 Å². The minimum absolute atomic E-state index is 0.0410. The molecule has 1 amide bonds. The number of nitrogens with zero attached hydrogens (tertiary/aromatic N) is 4. The van der Waals surface area contributed by atoms with E-state index in [-0.39, 0.29) is 18.1 Å². The molecule has 45 heavy (non-hydrogen) atoms. The molecule has 3 aromatic heterocycles. The number of halogens is 1. The highest BCUT2D eigenvalue weighted by Gasteiger charge is 2.29. The van der Waals surface area contributed by atoms with Gasteiger partial charge in [0.15, 0.2) is 16.7 Å². The van der Waals surface area contributed by atoms with Gasteiger partial charge in [-0.25, -0.2) is 4.39 Å². The number of amides is 1. The summed E-state index contributed by atoms with van der Waals surface area (Å²) in [6.45, 7) is 3.96. The van der Waals surface area contributed by atoms with Gasteiger partial charge in [-0.05, 0) is 53.2 Å². The summed E-state index contributed by atoms with van der Waals surface area (Å²) in [6.07, 6.45) is 3.53. The fourth-order valence-electron chi connectivity index (χ4n) is 5.09. The zero-order valence-corrected chi connectivity index (χ0v) is 26.4. The van der Waals surface area contributed by atoms with E-state index in [1.54, 1.807) is 36.4 Å². The van der Waals surface area contributed by atoms with Crippen LogP contribution in [0.2, 0.25) is 0 Å². The number of ether oxygens (including phenoxy) is 2. The van der Waals surface area contributed by atoms with Crippen molar-refractivity contribution in [1.29, 1.82) is 0 Å². The zero-order chi connectivity index (χ0) is 31.2. The predicted molar refractivity (Wildman–Crippen MR) is 178 cm³/mol. The highest BCUT2D eigenvalue weighted by Crippen LogP contribution is 2.39. The molecule has 1 fully saturated rings. The van der Waals surface area contributed by atoms with Gasteiger partial charge in [-0.2, -0.15) is 0 Å². The van der Waals surface area contributed by atoms with E-state index in [0.29, 0.717) is 49.2 Å². The third kappa shape index (κ3) is 7.34. The van der Waals surface area contributed by atoms with Crippen LogP contribution in [-0.4, -0.2) is 64.1 Å². The maximum atomic E-state index is 15.3. The summed E-state index contributed by atoms with van der Waals surface area (Å²) in [5, 5.41) is 3.81. The molecule has 0 spiro atoms. The number of methoxy groups -OCH3 is 1. The molecule has 0 saturated carbocycles. The molecule has 4 heterocycles. The average molecular weight is 642 g/mol. The van der Waals surface area contributed by atoms with Crippen LogP contribution in [0.25, 0.3) is 20.8 Å². The van der Waals surface area contributed by atoms with Gasteiger partial charge in [0.1, 0.15) is 5.75 Å². The number of hydrogen-bond donors (Lipinski definition) is 1. The van der Waals surface area contributed by atoms with Crippen LogP contribution in [0.4, 0.5) is 4.39 Å². The SMILES string of the molecule is COCCNCc1ccc(-c2cc3nccc(Oc4ccc(CC(=O)N5CCN(Cc6ccccc6)C5=S)cc4F)c3s2)nc1. The van der Waals surface area contributed by atoms with E-state index < -0.39 is 5.82 Å². The Hall–Kier alpha value is -4.29. The topological polar surface area (TPSA) is 79.8 Å². The zero-order valence-electron chi connectivity index (χ0n) is 24.7. The highest BCUT2D eigenvalue weighted by atomic mass is 32.1. The van der Waals surface area contributed by atoms with Crippen molar-refractivity contribution in [1.82, 2.24) is 25.1 Å². The number of hydrogen-bond acceptors (Lipinski definition) is 8. The molecule has 230 valence electrons. The maximum Gasteiger partial charge on any atom is 0.233 e. The van der Waals surface area contributed by atoms with Crippen molar-refractivity contribution in [3.63, 3.8) is 0 Å². The van der Waals surface area contributed by atoms with Gasteiger partial charge < -0.3 is 19.7 Å². The van der Waals surface area contributed by atoms with Crippen molar-refractivity contribution in [2.24, 2.45) is 0 Å². The number of aromatic nitrogens is 2. The number of carbonyl (C=O) groups excluding carboxylic acids is 1. The number of fused-ring (bicyclic) bond motifs is 1. The molecule has 0 radical (unpaired) electrons. The summed E-state index contributed by atoms with van der Waals surface area (Å²) in [5.41, 5.74) is 4.32. The molecular weight excluding hydrogens is 610 g/mol.